The van der Waals surface area contributed by atoms with E-state index in [9.17, 15) is 5.11 Å². The molecule has 0 spiro atoms. The molecule has 0 aliphatic rings. The first-order chi connectivity index (χ1) is 13.7. The number of hydrogen-bond donors (Lipinski definition) is 2. The van der Waals surface area contributed by atoms with Gasteiger partial charge in [-0.3, -0.25) is 0 Å². The molecule has 4 nitrogen and oxygen atoms in total. The number of nitrogens with zero attached hydrogens (tertiary/aromatic N) is 1. The number of aromatic hydroxyl groups is 1. The molecule has 0 aliphatic carbocycles. The molecular weight excluding hydrogens is 350 g/mol. The maximum Gasteiger partial charge on any atom is 0.128 e. The number of unbranched alkanes of at least 4 members (excludes halogenated alkanes) is 13. The molecule has 2 N–H and O–H groups in total. The molecule has 0 fully saturated rings. The van der Waals surface area contributed by atoms with Crippen LogP contribution in [0.5, 0.6) is 11.5 Å². The van der Waals surface area contributed by atoms with Gasteiger partial charge in [0.2, 0.25) is 0 Å². The fourth-order valence-corrected chi connectivity index (χ4v) is 3.45. The lowest BCUT2D eigenvalue weighted by atomic mass is 10.0. The van der Waals surface area contributed by atoms with Crippen LogP contribution in [0.25, 0.3) is 0 Å². The van der Waals surface area contributed by atoms with Gasteiger partial charge in [0.1, 0.15) is 11.5 Å². The number of phenolic OH excluding ortho intramolecular Hbond substituents is 1. The van der Waals surface area contributed by atoms with Crippen molar-refractivity contribution in [2.24, 2.45) is 5.16 Å². The van der Waals surface area contributed by atoms with E-state index in [2.05, 4.69) is 12.1 Å². The van der Waals surface area contributed by atoms with Gasteiger partial charge < -0.3 is 15.1 Å². The lowest BCUT2D eigenvalue weighted by Gasteiger charge is -2.09. The minimum absolute atomic E-state index is 0.0776. The Hall–Kier alpha value is -1.71. The summed E-state index contributed by atoms with van der Waals surface area (Å²) in [4.78, 5) is 0. The van der Waals surface area contributed by atoms with Crippen LogP contribution in [0.1, 0.15) is 109 Å². The van der Waals surface area contributed by atoms with Crippen LogP contribution in [0.15, 0.2) is 23.4 Å². The number of oxime groups is 1. The summed E-state index contributed by atoms with van der Waals surface area (Å²) in [6, 6.07) is 5.09. The van der Waals surface area contributed by atoms with Gasteiger partial charge in [0.15, 0.2) is 0 Å². The molecule has 160 valence electrons. The van der Waals surface area contributed by atoms with Crippen molar-refractivity contribution in [2.45, 2.75) is 104 Å². The van der Waals surface area contributed by atoms with Crippen LogP contribution >= 0.6 is 0 Å². The van der Waals surface area contributed by atoms with Crippen molar-refractivity contribution >= 4 is 5.71 Å². The summed E-state index contributed by atoms with van der Waals surface area (Å²) in [6.45, 7) is 4.59. The Kier molecular flexibility index (Phi) is 14.1. The van der Waals surface area contributed by atoms with Gasteiger partial charge in [0.25, 0.3) is 0 Å². The number of hydrogen-bond acceptors (Lipinski definition) is 4. The number of rotatable bonds is 17. The van der Waals surface area contributed by atoms with E-state index in [1.54, 1.807) is 25.1 Å². The van der Waals surface area contributed by atoms with E-state index in [0.717, 1.165) is 6.42 Å². The maximum absolute atomic E-state index is 9.95. The highest BCUT2D eigenvalue weighted by molar-refractivity contribution is 6.00. The Morgan fingerprint density at radius 3 is 1.79 bits per heavy atom. The third kappa shape index (κ3) is 11.2. The van der Waals surface area contributed by atoms with Crippen molar-refractivity contribution < 1.29 is 15.1 Å². The summed E-state index contributed by atoms with van der Waals surface area (Å²) in [5.74, 6) is 0.732. The van der Waals surface area contributed by atoms with Crippen LogP contribution in [0, 0.1) is 0 Å². The van der Waals surface area contributed by atoms with Crippen LogP contribution in [0.4, 0.5) is 0 Å². The monoisotopic (exact) mass is 391 g/mol. The topological polar surface area (TPSA) is 62.0 Å². The SMILES string of the molecule is CCCCCCCCCCCCCCCCOc1ccc(/C(C)=N\O)c(O)c1. The standard InChI is InChI=1S/C24H41NO3/c1-3-4-5-6-7-8-9-10-11-12-13-14-15-16-19-28-22-17-18-23(21(2)25-27)24(26)20-22/h17-18,20,26-27H,3-16,19H2,1-2H3/b25-21-. The zero-order valence-corrected chi connectivity index (χ0v) is 18.1. The molecule has 0 unspecified atom stereocenters. The van der Waals surface area contributed by atoms with Crippen molar-refractivity contribution in [3.05, 3.63) is 23.8 Å². The Morgan fingerprint density at radius 2 is 1.32 bits per heavy atom. The van der Waals surface area contributed by atoms with Crippen LogP contribution in [-0.2, 0) is 0 Å². The van der Waals surface area contributed by atoms with E-state index in [0.29, 0.717) is 23.6 Å². The largest absolute Gasteiger partial charge is 0.507 e. The van der Waals surface area contributed by atoms with Gasteiger partial charge in [-0.15, -0.1) is 0 Å². The van der Waals surface area contributed by atoms with Gasteiger partial charge in [-0.1, -0.05) is 95.6 Å². The third-order valence-electron chi connectivity index (χ3n) is 5.28. The Balaban J connectivity index is 1.94. The number of phenols is 1. The maximum atomic E-state index is 9.95. The summed E-state index contributed by atoms with van der Waals surface area (Å²) < 4.78 is 5.70. The lowest BCUT2D eigenvalue weighted by molar-refractivity contribution is 0.302. The average molecular weight is 392 g/mol. The van der Waals surface area contributed by atoms with Gasteiger partial charge in [-0.05, 0) is 25.5 Å². The first kappa shape index (κ1) is 24.3. The van der Waals surface area contributed by atoms with Gasteiger partial charge in [0.05, 0.1) is 12.3 Å². The summed E-state index contributed by atoms with van der Waals surface area (Å²) in [6.07, 6.45) is 18.8. The summed E-state index contributed by atoms with van der Waals surface area (Å²) in [5, 5.41) is 21.8. The van der Waals surface area contributed by atoms with E-state index in [4.69, 9.17) is 9.94 Å². The smallest absolute Gasteiger partial charge is 0.128 e. The Labute approximate surface area is 172 Å². The van der Waals surface area contributed by atoms with Crippen LogP contribution in [0.2, 0.25) is 0 Å². The fourth-order valence-electron chi connectivity index (χ4n) is 3.45. The summed E-state index contributed by atoms with van der Waals surface area (Å²) in [7, 11) is 0. The van der Waals surface area contributed by atoms with E-state index < -0.39 is 0 Å². The molecule has 0 saturated heterocycles. The molecule has 28 heavy (non-hydrogen) atoms. The lowest BCUT2D eigenvalue weighted by Crippen LogP contribution is -1.99. The van der Waals surface area contributed by atoms with E-state index in [1.165, 1.54) is 83.5 Å². The van der Waals surface area contributed by atoms with Gasteiger partial charge in [0, 0.05) is 11.6 Å². The molecule has 0 aliphatic heterocycles. The first-order valence-corrected chi connectivity index (χ1v) is 11.3. The third-order valence-corrected chi connectivity index (χ3v) is 5.28. The van der Waals surface area contributed by atoms with E-state index in [-0.39, 0.29) is 5.75 Å². The predicted octanol–water partition coefficient (Wildman–Crippen LogP) is 7.45. The van der Waals surface area contributed by atoms with E-state index in [1.807, 2.05) is 0 Å². The second-order valence-electron chi connectivity index (χ2n) is 7.81. The predicted molar refractivity (Wildman–Crippen MR) is 118 cm³/mol. The molecule has 0 radical (unpaired) electrons. The second kappa shape index (κ2) is 16.3. The molecule has 4 heteroatoms. The number of ether oxygens (including phenoxy) is 1. The molecule has 1 aromatic rings. The zero-order chi connectivity index (χ0) is 20.5. The van der Waals surface area contributed by atoms with Gasteiger partial charge >= 0.3 is 0 Å². The molecule has 1 rings (SSSR count). The van der Waals surface area contributed by atoms with Crippen molar-refractivity contribution in [2.75, 3.05) is 6.61 Å². The highest BCUT2D eigenvalue weighted by Crippen LogP contribution is 2.24. The Bertz CT molecular complexity index is 543. The molecule has 0 aromatic heterocycles. The molecule has 0 bridgehead atoms. The summed E-state index contributed by atoms with van der Waals surface area (Å²) in [5.41, 5.74) is 0.905. The van der Waals surface area contributed by atoms with Crippen molar-refractivity contribution in [3.8, 4) is 11.5 Å². The zero-order valence-electron chi connectivity index (χ0n) is 18.1. The first-order valence-electron chi connectivity index (χ1n) is 11.3. The second-order valence-corrected chi connectivity index (χ2v) is 7.81. The van der Waals surface area contributed by atoms with Gasteiger partial charge in [-0.2, -0.15) is 0 Å². The molecular formula is C24H41NO3. The minimum atomic E-state index is 0.0776. The minimum Gasteiger partial charge on any atom is -0.507 e. The molecule has 0 heterocycles. The molecule has 0 atom stereocenters. The van der Waals surface area contributed by atoms with Gasteiger partial charge in [-0.25, -0.2) is 0 Å². The van der Waals surface area contributed by atoms with Crippen molar-refractivity contribution in [1.82, 2.24) is 0 Å². The molecule has 0 amide bonds. The molecule has 1 aromatic carbocycles. The van der Waals surface area contributed by atoms with Crippen molar-refractivity contribution in [3.63, 3.8) is 0 Å². The van der Waals surface area contributed by atoms with Crippen LogP contribution in [0.3, 0.4) is 0 Å². The highest BCUT2D eigenvalue weighted by Gasteiger charge is 2.06. The number of benzene rings is 1. The quantitative estimate of drug-likeness (QED) is 0.125. The summed E-state index contributed by atoms with van der Waals surface area (Å²) >= 11 is 0. The fraction of sp³-hybridized carbons (Fsp3) is 0.708. The van der Waals surface area contributed by atoms with E-state index >= 15 is 0 Å². The normalized spacial score (nSPS) is 11.7. The Morgan fingerprint density at radius 1 is 0.821 bits per heavy atom. The van der Waals surface area contributed by atoms with Crippen LogP contribution < -0.4 is 4.74 Å². The van der Waals surface area contributed by atoms with Crippen LogP contribution in [-0.4, -0.2) is 22.6 Å². The highest BCUT2D eigenvalue weighted by atomic mass is 16.5. The average Bonchev–Trinajstić information content (AvgIpc) is 2.70. The molecule has 0 saturated carbocycles. The van der Waals surface area contributed by atoms with Crippen molar-refractivity contribution in [1.29, 1.82) is 0 Å².